The van der Waals surface area contributed by atoms with Crippen molar-refractivity contribution in [1.82, 2.24) is 15.0 Å². The van der Waals surface area contributed by atoms with Gasteiger partial charge in [0.15, 0.2) is 17.5 Å². The molecule has 0 saturated carbocycles. The Morgan fingerprint density at radius 2 is 0.925 bits per heavy atom. The van der Waals surface area contributed by atoms with Gasteiger partial charge in [0.05, 0.1) is 0 Å². The van der Waals surface area contributed by atoms with Crippen LogP contribution in [-0.2, 0) is 0 Å². The molecule has 0 atom stereocenters. The van der Waals surface area contributed by atoms with Crippen LogP contribution >= 0.6 is 0 Å². The molecular weight excluding hydrogens is 647 g/mol. The first-order valence-electron chi connectivity index (χ1n) is 17.9. The Morgan fingerprint density at radius 1 is 0.302 bits per heavy atom. The van der Waals surface area contributed by atoms with Crippen LogP contribution in [0.15, 0.2) is 180 Å². The summed E-state index contributed by atoms with van der Waals surface area (Å²) in [4.78, 5) is 15.6. The molecule has 0 amide bonds. The summed E-state index contributed by atoms with van der Waals surface area (Å²) in [5.74, 6) is 1.83. The van der Waals surface area contributed by atoms with Gasteiger partial charge in [0.1, 0.15) is 11.2 Å². The molecule has 0 N–H and O–H groups in total. The second-order valence-corrected chi connectivity index (χ2v) is 13.6. The number of benzene rings is 9. The van der Waals surface area contributed by atoms with E-state index in [4.69, 9.17) is 19.4 Å². The van der Waals surface area contributed by atoms with Gasteiger partial charge in [0, 0.05) is 27.5 Å². The summed E-state index contributed by atoms with van der Waals surface area (Å²) in [6.45, 7) is 0. The minimum atomic E-state index is 0.593. The van der Waals surface area contributed by atoms with E-state index in [9.17, 15) is 0 Å². The number of nitrogens with zero attached hydrogens (tertiary/aromatic N) is 3. The lowest BCUT2D eigenvalue weighted by atomic mass is 9.89. The molecular formula is C49H29N3O. The van der Waals surface area contributed by atoms with Crippen LogP contribution in [0, 0.1) is 0 Å². The zero-order valence-electron chi connectivity index (χ0n) is 28.5. The van der Waals surface area contributed by atoms with Crippen LogP contribution in [0.5, 0.6) is 0 Å². The summed E-state index contributed by atoms with van der Waals surface area (Å²) in [5, 5.41) is 11.6. The molecule has 0 aliphatic heterocycles. The van der Waals surface area contributed by atoms with Crippen molar-refractivity contribution in [2.24, 2.45) is 0 Å². The quantitative estimate of drug-likeness (QED) is 0.174. The highest BCUT2D eigenvalue weighted by atomic mass is 16.3. The van der Waals surface area contributed by atoms with Crippen molar-refractivity contribution in [2.45, 2.75) is 0 Å². The fraction of sp³-hybridized carbons (Fsp3) is 0. The number of rotatable bonds is 4. The number of hydrogen-bond donors (Lipinski definition) is 0. The number of hydrogen-bond acceptors (Lipinski definition) is 4. The maximum absolute atomic E-state index is 6.65. The topological polar surface area (TPSA) is 51.8 Å². The Hall–Kier alpha value is -7.17. The number of furan rings is 1. The summed E-state index contributed by atoms with van der Waals surface area (Å²) in [5.41, 5.74) is 6.52. The smallest absolute Gasteiger partial charge is 0.164 e. The van der Waals surface area contributed by atoms with Crippen LogP contribution in [0.4, 0.5) is 0 Å². The van der Waals surface area contributed by atoms with Crippen LogP contribution in [0.2, 0.25) is 0 Å². The average molecular weight is 676 g/mol. The van der Waals surface area contributed by atoms with E-state index in [0.29, 0.717) is 17.5 Å². The molecule has 0 aliphatic carbocycles. The Kier molecular flexibility index (Phi) is 6.52. The number of aromatic nitrogens is 3. The highest BCUT2D eigenvalue weighted by Crippen LogP contribution is 2.43. The van der Waals surface area contributed by atoms with Crippen LogP contribution in [0.1, 0.15) is 0 Å². The van der Waals surface area contributed by atoms with E-state index in [1.165, 1.54) is 37.7 Å². The SMILES string of the molecule is c1ccc(-c2nc(-c3ccc4ccccc4c3)nc(-c3cc(-c4cc5c6ccccc6ccc5c5ccccc45)cc4oc5ccccc5c34)n2)cc1. The van der Waals surface area contributed by atoms with E-state index in [0.717, 1.165) is 55.1 Å². The third kappa shape index (κ3) is 4.80. The van der Waals surface area contributed by atoms with Gasteiger partial charge in [-0.1, -0.05) is 146 Å². The predicted octanol–water partition coefficient (Wildman–Crippen LogP) is 13.1. The zero-order valence-corrected chi connectivity index (χ0v) is 28.5. The number of para-hydroxylation sites is 1. The fourth-order valence-electron chi connectivity index (χ4n) is 7.96. The first kappa shape index (κ1) is 29.5. The first-order valence-corrected chi connectivity index (χ1v) is 17.9. The molecule has 9 aromatic carbocycles. The van der Waals surface area contributed by atoms with Crippen molar-refractivity contribution in [3.05, 3.63) is 176 Å². The summed E-state index contributed by atoms with van der Waals surface area (Å²) < 4.78 is 6.65. The van der Waals surface area contributed by atoms with E-state index < -0.39 is 0 Å². The van der Waals surface area contributed by atoms with Gasteiger partial charge >= 0.3 is 0 Å². The molecule has 0 radical (unpaired) electrons. The van der Waals surface area contributed by atoms with Crippen LogP contribution < -0.4 is 0 Å². The maximum atomic E-state index is 6.65. The third-order valence-corrected chi connectivity index (χ3v) is 10.5. The van der Waals surface area contributed by atoms with Crippen molar-refractivity contribution in [3.63, 3.8) is 0 Å². The van der Waals surface area contributed by atoms with E-state index in [1.807, 2.05) is 42.5 Å². The summed E-state index contributed by atoms with van der Waals surface area (Å²) in [6.07, 6.45) is 0. The van der Waals surface area contributed by atoms with Crippen LogP contribution in [0.25, 0.3) is 110 Å². The van der Waals surface area contributed by atoms with Crippen LogP contribution in [0.3, 0.4) is 0 Å². The number of fused-ring (bicyclic) bond motifs is 9. The van der Waals surface area contributed by atoms with E-state index in [2.05, 4.69) is 133 Å². The van der Waals surface area contributed by atoms with Gasteiger partial charge < -0.3 is 4.42 Å². The van der Waals surface area contributed by atoms with Gasteiger partial charge in [-0.25, -0.2) is 15.0 Å². The molecule has 53 heavy (non-hydrogen) atoms. The lowest BCUT2D eigenvalue weighted by molar-refractivity contribution is 0.669. The van der Waals surface area contributed by atoms with Gasteiger partial charge in [0.25, 0.3) is 0 Å². The maximum Gasteiger partial charge on any atom is 0.164 e. The van der Waals surface area contributed by atoms with Gasteiger partial charge in [-0.05, 0) is 84.5 Å². The second kappa shape index (κ2) is 11.7. The molecule has 0 fully saturated rings. The van der Waals surface area contributed by atoms with Crippen molar-refractivity contribution >= 4 is 65.0 Å². The standard InChI is InChI=1S/C49H29N3O/c1-2-14-32(15-3-1)47-50-48(34-23-22-30-12-4-5-16-33(30)26-34)52-49(51-47)43-27-35(28-45-46(43)40-20-10-11-21-44(40)53-45)41-29-42-36-17-7-6-13-31(36)24-25-39(42)37-18-8-9-19-38(37)41/h1-29H. The van der Waals surface area contributed by atoms with Crippen molar-refractivity contribution in [2.75, 3.05) is 0 Å². The Morgan fingerprint density at radius 3 is 1.77 bits per heavy atom. The molecule has 0 unspecified atom stereocenters. The van der Waals surface area contributed by atoms with Crippen LogP contribution in [-0.4, -0.2) is 15.0 Å². The second-order valence-electron chi connectivity index (χ2n) is 13.6. The minimum absolute atomic E-state index is 0.593. The molecule has 246 valence electrons. The first-order chi connectivity index (χ1) is 26.2. The Balaban J connectivity index is 1.23. The minimum Gasteiger partial charge on any atom is -0.456 e. The highest BCUT2D eigenvalue weighted by molar-refractivity contribution is 6.22. The average Bonchev–Trinajstić information content (AvgIpc) is 3.61. The van der Waals surface area contributed by atoms with Crippen molar-refractivity contribution in [3.8, 4) is 45.3 Å². The molecule has 4 nitrogen and oxygen atoms in total. The van der Waals surface area contributed by atoms with Gasteiger partial charge in [-0.15, -0.1) is 0 Å². The summed E-state index contributed by atoms with van der Waals surface area (Å²) in [7, 11) is 0. The Labute approximate surface area is 304 Å². The molecule has 0 aliphatic rings. The molecule has 11 aromatic rings. The molecule has 11 rings (SSSR count). The summed E-state index contributed by atoms with van der Waals surface area (Å²) in [6, 6.07) is 61.7. The highest BCUT2D eigenvalue weighted by Gasteiger charge is 2.21. The lowest BCUT2D eigenvalue weighted by Gasteiger charge is -2.15. The monoisotopic (exact) mass is 675 g/mol. The molecule has 4 heteroatoms. The van der Waals surface area contributed by atoms with E-state index in [-0.39, 0.29) is 0 Å². The van der Waals surface area contributed by atoms with Gasteiger partial charge in [-0.2, -0.15) is 0 Å². The third-order valence-electron chi connectivity index (χ3n) is 10.5. The van der Waals surface area contributed by atoms with E-state index in [1.54, 1.807) is 0 Å². The zero-order chi connectivity index (χ0) is 34.9. The van der Waals surface area contributed by atoms with Crippen molar-refractivity contribution in [1.29, 1.82) is 0 Å². The summed E-state index contributed by atoms with van der Waals surface area (Å²) >= 11 is 0. The molecule has 2 aromatic heterocycles. The van der Waals surface area contributed by atoms with E-state index >= 15 is 0 Å². The molecule has 0 saturated heterocycles. The molecule has 0 spiro atoms. The predicted molar refractivity (Wildman–Crippen MR) is 219 cm³/mol. The molecule has 2 heterocycles. The normalized spacial score (nSPS) is 11.8. The molecule has 0 bridgehead atoms. The fourth-order valence-corrected chi connectivity index (χ4v) is 7.96. The van der Waals surface area contributed by atoms with Gasteiger partial charge in [0.2, 0.25) is 0 Å². The lowest BCUT2D eigenvalue weighted by Crippen LogP contribution is -2.00. The van der Waals surface area contributed by atoms with Crippen molar-refractivity contribution < 1.29 is 4.42 Å². The largest absolute Gasteiger partial charge is 0.456 e. The Bertz CT molecular complexity index is 3240. The van der Waals surface area contributed by atoms with Gasteiger partial charge in [-0.3, -0.25) is 0 Å².